The molecule has 0 aromatic heterocycles. The van der Waals surface area contributed by atoms with E-state index in [1.54, 1.807) is 0 Å². The molecule has 0 fully saturated rings. The minimum absolute atomic E-state index is 0.585. The van der Waals surface area contributed by atoms with E-state index in [4.69, 9.17) is 16.7 Å². The van der Waals surface area contributed by atoms with Crippen LogP contribution < -0.4 is 0 Å². The molecular weight excluding hydrogens is 200 g/mol. The Balaban J connectivity index is 2.94. The van der Waals surface area contributed by atoms with Crippen molar-refractivity contribution < 1.29 is 9.90 Å². The fraction of sp³-hybridized carbons (Fsp3) is 0.182. The Bertz CT molecular complexity index is 370. The molecule has 0 atom stereocenters. The summed E-state index contributed by atoms with van der Waals surface area (Å²) >= 11 is 5.95. The Labute approximate surface area is 87.8 Å². The van der Waals surface area contributed by atoms with Gasteiger partial charge in [0, 0.05) is 11.1 Å². The summed E-state index contributed by atoms with van der Waals surface area (Å²) in [5.41, 5.74) is 1.87. The van der Waals surface area contributed by atoms with Gasteiger partial charge in [0.15, 0.2) is 0 Å². The van der Waals surface area contributed by atoms with Crippen LogP contribution in [-0.2, 0) is 11.2 Å². The van der Waals surface area contributed by atoms with Crippen LogP contribution in [0.2, 0.25) is 5.02 Å². The van der Waals surface area contributed by atoms with Crippen molar-refractivity contribution in [3.05, 3.63) is 40.4 Å². The van der Waals surface area contributed by atoms with Crippen molar-refractivity contribution in [1.82, 2.24) is 0 Å². The van der Waals surface area contributed by atoms with Gasteiger partial charge in [0.2, 0.25) is 0 Å². The number of aryl methyl sites for hydroxylation is 1. The predicted molar refractivity (Wildman–Crippen MR) is 57.5 cm³/mol. The van der Waals surface area contributed by atoms with Gasteiger partial charge in [-0.3, -0.25) is 0 Å². The molecule has 0 heterocycles. The maximum atomic E-state index is 10.3. The zero-order chi connectivity index (χ0) is 10.6. The average molecular weight is 211 g/mol. The van der Waals surface area contributed by atoms with Crippen molar-refractivity contribution in [1.29, 1.82) is 0 Å². The third-order valence-electron chi connectivity index (χ3n) is 1.88. The third kappa shape index (κ3) is 2.89. The minimum Gasteiger partial charge on any atom is -0.478 e. The van der Waals surface area contributed by atoms with E-state index >= 15 is 0 Å². The summed E-state index contributed by atoms with van der Waals surface area (Å²) in [6.45, 7) is 2.04. The molecule has 74 valence electrons. The molecule has 3 heteroatoms. The minimum atomic E-state index is -0.972. The van der Waals surface area contributed by atoms with Crippen molar-refractivity contribution in [2.45, 2.75) is 13.3 Å². The number of hydrogen-bond donors (Lipinski definition) is 1. The van der Waals surface area contributed by atoms with Crippen LogP contribution in [0, 0.1) is 0 Å². The fourth-order valence-corrected chi connectivity index (χ4v) is 1.35. The van der Waals surface area contributed by atoms with Crippen LogP contribution in [0.25, 0.3) is 6.08 Å². The predicted octanol–water partition coefficient (Wildman–Crippen LogP) is 3.00. The molecule has 0 saturated heterocycles. The molecular formula is C11H11ClO2. The number of halogens is 1. The molecule has 2 nitrogen and oxygen atoms in total. The number of carbonyl (C=O) groups is 1. The van der Waals surface area contributed by atoms with Crippen molar-refractivity contribution in [3.8, 4) is 0 Å². The molecule has 1 N–H and O–H groups in total. The van der Waals surface area contributed by atoms with Gasteiger partial charge < -0.3 is 5.11 Å². The fourth-order valence-electron chi connectivity index (χ4n) is 1.09. The SMILES string of the molecule is CCc1ccc(C=CC(=O)O)c(Cl)c1. The summed E-state index contributed by atoms with van der Waals surface area (Å²) in [5, 5.41) is 9.02. The van der Waals surface area contributed by atoms with Gasteiger partial charge in [0.25, 0.3) is 0 Å². The van der Waals surface area contributed by atoms with Gasteiger partial charge in [0.1, 0.15) is 0 Å². The van der Waals surface area contributed by atoms with Crippen LogP contribution >= 0.6 is 11.6 Å². The van der Waals surface area contributed by atoms with E-state index in [1.807, 2.05) is 25.1 Å². The van der Waals surface area contributed by atoms with E-state index in [1.165, 1.54) is 6.08 Å². The first-order valence-electron chi connectivity index (χ1n) is 4.33. The van der Waals surface area contributed by atoms with E-state index in [-0.39, 0.29) is 0 Å². The molecule has 0 aliphatic rings. The number of carboxylic acids is 1. The summed E-state index contributed by atoms with van der Waals surface area (Å²) in [5.74, 6) is -0.972. The molecule has 0 spiro atoms. The molecule has 0 aliphatic carbocycles. The maximum Gasteiger partial charge on any atom is 0.328 e. The van der Waals surface area contributed by atoms with Gasteiger partial charge in [-0.15, -0.1) is 0 Å². The summed E-state index contributed by atoms with van der Waals surface area (Å²) in [4.78, 5) is 10.3. The lowest BCUT2D eigenvalue weighted by atomic mass is 10.1. The van der Waals surface area contributed by atoms with E-state index in [9.17, 15) is 4.79 Å². The molecule has 0 unspecified atom stereocenters. The second kappa shape index (κ2) is 4.82. The highest BCUT2D eigenvalue weighted by molar-refractivity contribution is 6.32. The van der Waals surface area contributed by atoms with Crippen molar-refractivity contribution in [3.63, 3.8) is 0 Å². The monoisotopic (exact) mass is 210 g/mol. The first kappa shape index (κ1) is 10.8. The number of carboxylic acid groups (broad SMARTS) is 1. The molecule has 0 aliphatic heterocycles. The van der Waals surface area contributed by atoms with Gasteiger partial charge in [-0.05, 0) is 29.7 Å². The van der Waals surface area contributed by atoms with Crippen LogP contribution in [0.5, 0.6) is 0 Å². The van der Waals surface area contributed by atoms with E-state index in [0.29, 0.717) is 5.02 Å². The van der Waals surface area contributed by atoms with Gasteiger partial charge >= 0.3 is 5.97 Å². The number of benzene rings is 1. The molecule has 1 aromatic carbocycles. The van der Waals surface area contributed by atoms with Crippen LogP contribution in [0.1, 0.15) is 18.1 Å². The van der Waals surface area contributed by atoms with E-state index < -0.39 is 5.97 Å². The highest BCUT2D eigenvalue weighted by Crippen LogP contribution is 2.19. The Morgan fingerprint density at radius 2 is 2.29 bits per heavy atom. The lowest BCUT2D eigenvalue weighted by Crippen LogP contribution is -1.87. The third-order valence-corrected chi connectivity index (χ3v) is 2.21. The molecule has 1 aromatic rings. The second-order valence-corrected chi connectivity index (χ2v) is 3.29. The maximum absolute atomic E-state index is 10.3. The van der Waals surface area contributed by atoms with Crippen LogP contribution in [0.15, 0.2) is 24.3 Å². The van der Waals surface area contributed by atoms with Crippen molar-refractivity contribution >= 4 is 23.6 Å². The standard InChI is InChI=1S/C11H11ClO2/c1-2-8-3-4-9(10(12)7-8)5-6-11(13)14/h3-7H,2H2,1H3,(H,13,14). The number of rotatable bonds is 3. The summed E-state index contributed by atoms with van der Waals surface area (Å²) in [6, 6.07) is 5.61. The molecule has 0 radical (unpaired) electrons. The molecule has 1 rings (SSSR count). The smallest absolute Gasteiger partial charge is 0.328 e. The molecule has 0 saturated carbocycles. The zero-order valence-corrected chi connectivity index (χ0v) is 8.58. The first-order chi connectivity index (χ1) is 6.63. The normalized spacial score (nSPS) is 10.7. The zero-order valence-electron chi connectivity index (χ0n) is 7.83. The molecule has 0 bridgehead atoms. The summed E-state index contributed by atoms with van der Waals surface area (Å²) < 4.78 is 0. The van der Waals surface area contributed by atoms with E-state index in [2.05, 4.69) is 0 Å². The Morgan fingerprint density at radius 1 is 1.57 bits per heavy atom. The number of aliphatic carboxylic acids is 1. The quantitative estimate of drug-likeness (QED) is 0.779. The first-order valence-corrected chi connectivity index (χ1v) is 4.70. The van der Waals surface area contributed by atoms with Gasteiger partial charge in [-0.1, -0.05) is 30.7 Å². The van der Waals surface area contributed by atoms with Crippen molar-refractivity contribution in [2.75, 3.05) is 0 Å². The van der Waals surface area contributed by atoms with Crippen LogP contribution in [0.3, 0.4) is 0 Å². The Kier molecular flexibility index (Phi) is 3.72. The van der Waals surface area contributed by atoms with Gasteiger partial charge in [-0.25, -0.2) is 4.79 Å². The molecule has 14 heavy (non-hydrogen) atoms. The topological polar surface area (TPSA) is 37.3 Å². The second-order valence-electron chi connectivity index (χ2n) is 2.88. The highest BCUT2D eigenvalue weighted by atomic mass is 35.5. The summed E-state index contributed by atoms with van der Waals surface area (Å²) in [6.07, 6.45) is 3.49. The average Bonchev–Trinajstić information content (AvgIpc) is 2.15. The Morgan fingerprint density at radius 3 is 2.79 bits per heavy atom. The lowest BCUT2D eigenvalue weighted by Gasteiger charge is -2.00. The van der Waals surface area contributed by atoms with Gasteiger partial charge in [0.05, 0.1) is 0 Å². The molecule has 0 amide bonds. The highest BCUT2D eigenvalue weighted by Gasteiger charge is 1.98. The van der Waals surface area contributed by atoms with Crippen LogP contribution in [-0.4, -0.2) is 11.1 Å². The largest absolute Gasteiger partial charge is 0.478 e. The summed E-state index contributed by atoms with van der Waals surface area (Å²) in [7, 11) is 0. The van der Waals surface area contributed by atoms with Gasteiger partial charge in [-0.2, -0.15) is 0 Å². The van der Waals surface area contributed by atoms with E-state index in [0.717, 1.165) is 23.6 Å². The lowest BCUT2D eigenvalue weighted by molar-refractivity contribution is -0.131. The van der Waals surface area contributed by atoms with Crippen molar-refractivity contribution in [2.24, 2.45) is 0 Å². The number of hydrogen-bond acceptors (Lipinski definition) is 1. The van der Waals surface area contributed by atoms with Crippen LogP contribution in [0.4, 0.5) is 0 Å². The Hall–Kier alpha value is -1.28.